The van der Waals surface area contributed by atoms with Crippen molar-refractivity contribution in [3.8, 4) is 11.5 Å². The third-order valence-corrected chi connectivity index (χ3v) is 5.01. The van der Waals surface area contributed by atoms with Crippen LogP contribution in [0.1, 0.15) is 29.5 Å². The number of aryl methyl sites for hydroxylation is 2. The average Bonchev–Trinajstić information content (AvgIpc) is 2.73. The number of hydrogen-bond donors (Lipinski definition) is 1. The minimum Gasteiger partial charge on any atom is -0.305 e. The highest BCUT2D eigenvalue weighted by Gasteiger charge is 2.26. The predicted molar refractivity (Wildman–Crippen MR) is 108 cm³/mol. The Hall–Kier alpha value is -3.28. The van der Waals surface area contributed by atoms with Gasteiger partial charge >= 0.3 is 0 Å². The second-order valence-electron chi connectivity index (χ2n) is 7.07. The van der Waals surface area contributed by atoms with Crippen LogP contribution in [0.4, 0.5) is 5.82 Å². The van der Waals surface area contributed by atoms with Crippen molar-refractivity contribution in [3.05, 3.63) is 75.7 Å². The molecule has 2 aromatic heterocycles. The molecule has 3 heterocycles. The Bertz CT molecular complexity index is 1040. The van der Waals surface area contributed by atoms with Crippen LogP contribution in [0.15, 0.2) is 53.5 Å². The number of hydrogen-bond acceptors (Lipinski definition) is 4. The van der Waals surface area contributed by atoms with Crippen molar-refractivity contribution in [2.45, 2.75) is 32.6 Å². The van der Waals surface area contributed by atoms with Crippen LogP contribution < -0.4 is 10.5 Å². The van der Waals surface area contributed by atoms with E-state index in [-0.39, 0.29) is 11.5 Å². The fourth-order valence-corrected chi connectivity index (χ4v) is 3.46. The summed E-state index contributed by atoms with van der Waals surface area (Å²) in [6, 6.07) is 13.6. The minimum atomic E-state index is -0.193. The van der Waals surface area contributed by atoms with Gasteiger partial charge in [0.15, 0.2) is 5.82 Å². The average molecular weight is 374 g/mol. The molecule has 1 amide bonds. The van der Waals surface area contributed by atoms with Crippen LogP contribution in [0.3, 0.4) is 0 Å². The number of carbonyl (C=O) groups is 1. The lowest BCUT2D eigenvalue weighted by Crippen LogP contribution is -2.39. The van der Waals surface area contributed by atoms with Crippen LogP contribution in [-0.2, 0) is 17.6 Å². The Kier molecular flexibility index (Phi) is 5.02. The number of nitrogens with zero attached hydrogens (tertiary/aromatic N) is 3. The Balaban J connectivity index is 1.60. The van der Waals surface area contributed by atoms with E-state index in [1.165, 1.54) is 5.56 Å². The molecule has 28 heavy (non-hydrogen) atoms. The van der Waals surface area contributed by atoms with Crippen LogP contribution in [0.2, 0.25) is 0 Å². The molecule has 0 fully saturated rings. The lowest BCUT2D eigenvalue weighted by atomic mass is 10.0. The summed E-state index contributed by atoms with van der Waals surface area (Å²) >= 11 is 0. The monoisotopic (exact) mass is 374 g/mol. The van der Waals surface area contributed by atoms with E-state index < -0.39 is 0 Å². The molecule has 6 nitrogen and oxygen atoms in total. The summed E-state index contributed by atoms with van der Waals surface area (Å²) in [5.74, 6) is 0.860. The van der Waals surface area contributed by atoms with E-state index in [4.69, 9.17) is 0 Å². The quantitative estimate of drug-likeness (QED) is 0.761. The lowest BCUT2D eigenvalue weighted by Gasteiger charge is -2.28. The van der Waals surface area contributed by atoms with E-state index in [2.05, 4.69) is 39.2 Å². The van der Waals surface area contributed by atoms with Crippen molar-refractivity contribution in [1.29, 1.82) is 0 Å². The summed E-state index contributed by atoms with van der Waals surface area (Å²) in [7, 11) is 0. The van der Waals surface area contributed by atoms with Gasteiger partial charge in [-0.1, -0.05) is 35.9 Å². The molecular weight excluding hydrogens is 352 g/mol. The first-order chi connectivity index (χ1) is 13.6. The molecule has 1 N–H and O–H groups in total. The van der Waals surface area contributed by atoms with Gasteiger partial charge in [-0.3, -0.25) is 19.5 Å². The number of nitrogens with one attached hydrogen (secondary N) is 1. The molecule has 4 rings (SSSR count). The molecule has 0 saturated carbocycles. The smallest absolute Gasteiger partial charge is 0.256 e. The van der Waals surface area contributed by atoms with Crippen molar-refractivity contribution >= 4 is 11.7 Å². The van der Waals surface area contributed by atoms with Gasteiger partial charge < -0.3 is 4.98 Å². The molecule has 0 spiro atoms. The van der Waals surface area contributed by atoms with Gasteiger partial charge in [0.25, 0.3) is 5.56 Å². The lowest BCUT2D eigenvalue weighted by molar-refractivity contribution is -0.118. The van der Waals surface area contributed by atoms with Crippen molar-refractivity contribution in [1.82, 2.24) is 15.0 Å². The van der Waals surface area contributed by atoms with E-state index in [1.807, 2.05) is 13.0 Å². The van der Waals surface area contributed by atoms with Crippen LogP contribution in [0.25, 0.3) is 11.5 Å². The third-order valence-electron chi connectivity index (χ3n) is 5.01. The topological polar surface area (TPSA) is 79.0 Å². The molecule has 3 aromatic rings. The molecule has 0 bridgehead atoms. The highest BCUT2D eigenvalue weighted by molar-refractivity contribution is 5.93. The summed E-state index contributed by atoms with van der Waals surface area (Å²) in [6.45, 7) is 2.62. The van der Waals surface area contributed by atoms with E-state index in [9.17, 15) is 9.59 Å². The maximum absolute atomic E-state index is 12.9. The van der Waals surface area contributed by atoms with E-state index in [0.717, 1.165) is 12.0 Å². The first-order valence-electron chi connectivity index (χ1n) is 9.52. The van der Waals surface area contributed by atoms with Gasteiger partial charge in [0.05, 0.1) is 5.56 Å². The number of aromatic nitrogens is 3. The molecule has 142 valence electrons. The number of anilines is 1. The number of H-pyrrole nitrogens is 1. The summed E-state index contributed by atoms with van der Waals surface area (Å²) in [4.78, 5) is 38.8. The zero-order chi connectivity index (χ0) is 19.5. The van der Waals surface area contributed by atoms with Crippen molar-refractivity contribution in [2.75, 3.05) is 11.4 Å². The van der Waals surface area contributed by atoms with Crippen molar-refractivity contribution in [3.63, 3.8) is 0 Å². The van der Waals surface area contributed by atoms with Crippen LogP contribution in [0.5, 0.6) is 0 Å². The van der Waals surface area contributed by atoms with Gasteiger partial charge in [-0.15, -0.1) is 0 Å². The SMILES string of the molecule is Cc1ccc(CCC(=O)N2CCCc3c2nc(-c2ccccn2)[nH]c3=O)cc1. The Labute approximate surface area is 163 Å². The molecule has 0 unspecified atom stereocenters. The second-order valence-corrected chi connectivity index (χ2v) is 7.07. The number of benzene rings is 1. The maximum atomic E-state index is 12.9. The fraction of sp³-hybridized carbons (Fsp3) is 0.273. The van der Waals surface area contributed by atoms with Crippen molar-refractivity contribution in [2.24, 2.45) is 0 Å². The van der Waals surface area contributed by atoms with Gasteiger partial charge in [0.2, 0.25) is 5.91 Å². The number of rotatable bonds is 4. The standard InChI is InChI=1S/C22H22N4O2/c1-15-7-9-16(10-8-15)11-12-19(27)26-14-4-5-17-21(26)24-20(25-22(17)28)18-6-2-3-13-23-18/h2-3,6-10,13H,4-5,11-12,14H2,1H3,(H,24,25,28). The highest BCUT2D eigenvalue weighted by atomic mass is 16.2. The molecule has 1 aromatic carbocycles. The summed E-state index contributed by atoms with van der Waals surface area (Å²) < 4.78 is 0. The number of fused-ring (bicyclic) bond motifs is 1. The molecule has 0 radical (unpaired) electrons. The largest absolute Gasteiger partial charge is 0.305 e. The maximum Gasteiger partial charge on any atom is 0.256 e. The van der Waals surface area contributed by atoms with Gasteiger partial charge in [-0.2, -0.15) is 0 Å². The zero-order valence-corrected chi connectivity index (χ0v) is 15.8. The first kappa shape index (κ1) is 18.1. The van der Waals surface area contributed by atoms with Crippen molar-refractivity contribution < 1.29 is 4.79 Å². The van der Waals surface area contributed by atoms with Gasteiger partial charge in [0.1, 0.15) is 11.5 Å². The molecule has 1 aliphatic heterocycles. The summed E-state index contributed by atoms with van der Waals surface area (Å²) in [6.07, 6.45) is 4.09. The number of carbonyl (C=O) groups excluding carboxylic acids is 1. The Morgan fingerprint density at radius 3 is 2.75 bits per heavy atom. The summed E-state index contributed by atoms with van der Waals surface area (Å²) in [5, 5.41) is 0. The minimum absolute atomic E-state index is 0.00778. The van der Waals surface area contributed by atoms with Crippen LogP contribution >= 0.6 is 0 Å². The molecule has 1 aliphatic rings. The van der Waals surface area contributed by atoms with Crippen LogP contribution in [0, 0.1) is 6.92 Å². The number of aromatic amines is 1. The predicted octanol–water partition coefficient (Wildman–Crippen LogP) is 3.05. The van der Waals surface area contributed by atoms with E-state index in [1.54, 1.807) is 23.2 Å². The first-order valence-corrected chi connectivity index (χ1v) is 9.52. The highest BCUT2D eigenvalue weighted by Crippen LogP contribution is 2.25. The third kappa shape index (κ3) is 3.71. The normalized spacial score (nSPS) is 13.2. The molecule has 0 aliphatic carbocycles. The molecule has 0 saturated heterocycles. The number of pyridine rings is 1. The fourth-order valence-electron chi connectivity index (χ4n) is 3.46. The molecule has 6 heteroatoms. The molecule has 0 atom stereocenters. The summed E-state index contributed by atoms with van der Waals surface area (Å²) in [5.41, 5.74) is 3.30. The number of amides is 1. The molecular formula is C22H22N4O2. The zero-order valence-electron chi connectivity index (χ0n) is 15.8. The Morgan fingerprint density at radius 1 is 1.18 bits per heavy atom. The van der Waals surface area contributed by atoms with E-state index in [0.29, 0.717) is 48.7 Å². The van der Waals surface area contributed by atoms with Crippen LogP contribution in [-0.4, -0.2) is 27.4 Å². The van der Waals surface area contributed by atoms with Gasteiger partial charge in [0, 0.05) is 19.2 Å². The van der Waals surface area contributed by atoms with Gasteiger partial charge in [-0.05, 0) is 43.9 Å². The Morgan fingerprint density at radius 2 is 2.00 bits per heavy atom. The van der Waals surface area contributed by atoms with Gasteiger partial charge in [-0.25, -0.2) is 4.98 Å². The second kappa shape index (κ2) is 7.76. The van der Waals surface area contributed by atoms with E-state index >= 15 is 0 Å².